The minimum absolute atomic E-state index is 0.932. The van der Waals surface area contributed by atoms with Crippen LogP contribution in [0.2, 0.25) is 0 Å². The molecule has 0 aliphatic rings. The Bertz CT molecular complexity index is 1420. The maximum Gasteiger partial charge on any atom is 0.0346 e. The molecule has 0 aliphatic carbocycles. The molecule has 0 saturated carbocycles. The van der Waals surface area contributed by atoms with Crippen LogP contribution in [0.1, 0.15) is 180 Å². The van der Waals surface area contributed by atoms with Crippen LogP contribution in [0.25, 0.3) is 0 Å². The lowest BCUT2D eigenvalue weighted by Crippen LogP contribution is -1.97. The molecule has 0 heterocycles. The van der Waals surface area contributed by atoms with E-state index in [1.807, 2.05) is 0 Å². The second-order valence-electron chi connectivity index (χ2n) is 16.1. The van der Waals surface area contributed by atoms with E-state index in [0.717, 1.165) is 49.9 Å². The molecule has 0 spiro atoms. The Morgan fingerprint density at radius 2 is 0.566 bits per heavy atom. The number of nitrogen functional groups attached to an aromatic ring is 2. The molecular formula is C51H74N2. The van der Waals surface area contributed by atoms with Gasteiger partial charge >= 0.3 is 0 Å². The van der Waals surface area contributed by atoms with Crippen LogP contribution in [0.5, 0.6) is 0 Å². The summed E-state index contributed by atoms with van der Waals surface area (Å²) in [4.78, 5) is 0. The van der Waals surface area contributed by atoms with Crippen LogP contribution in [0, 0.1) is 0 Å². The molecule has 288 valence electrons. The van der Waals surface area contributed by atoms with Crippen molar-refractivity contribution in [3.05, 3.63) is 129 Å². The predicted molar refractivity (Wildman–Crippen MR) is 234 cm³/mol. The van der Waals surface area contributed by atoms with Gasteiger partial charge in [-0.3, -0.25) is 0 Å². The van der Waals surface area contributed by atoms with E-state index in [1.54, 1.807) is 0 Å². The van der Waals surface area contributed by atoms with Crippen LogP contribution >= 0.6 is 0 Å². The molecule has 0 aliphatic heterocycles. The fourth-order valence-corrected chi connectivity index (χ4v) is 7.94. The number of benzene rings is 4. The van der Waals surface area contributed by atoms with E-state index in [4.69, 9.17) is 11.5 Å². The Kier molecular flexibility index (Phi) is 20.3. The van der Waals surface area contributed by atoms with Gasteiger partial charge < -0.3 is 11.5 Å². The number of unbranched alkanes of at least 4 members (excludes halogenated alkanes) is 16. The summed E-state index contributed by atoms with van der Waals surface area (Å²) in [5.41, 5.74) is 25.2. The van der Waals surface area contributed by atoms with Crippen LogP contribution in [0.4, 0.5) is 11.4 Å². The molecule has 4 N–H and O–H groups in total. The highest BCUT2D eigenvalue weighted by atomic mass is 14.6. The quantitative estimate of drug-likeness (QED) is 0.0454. The largest absolute Gasteiger partial charge is 0.399 e. The monoisotopic (exact) mass is 715 g/mol. The zero-order chi connectivity index (χ0) is 37.4. The molecule has 0 saturated heterocycles. The highest BCUT2D eigenvalue weighted by molar-refractivity contribution is 5.50. The fraction of sp³-hybridized carbons (Fsp3) is 0.529. The Labute approximate surface area is 325 Å². The Morgan fingerprint density at radius 1 is 0.302 bits per heavy atom. The van der Waals surface area contributed by atoms with Gasteiger partial charge in [0.05, 0.1) is 0 Å². The molecule has 53 heavy (non-hydrogen) atoms. The van der Waals surface area contributed by atoms with E-state index in [9.17, 15) is 0 Å². The molecule has 4 rings (SSSR count). The molecule has 0 radical (unpaired) electrons. The number of rotatable bonds is 28. The average Bonchev–Trinajstić information content (AvgIpc) is 3.17. The van der Waals surface area contributed by atoms with Crippen LogP contribution in [0.3, 0.4) is 0 Å². The lowest BCUT2D eigenvalue weighted by Gasteiger charge is -2.09. The highest BCUT2D eigenvalue weighted by Crippen LogP contribution is 2.22. The van der Waals surface area contributed by atoms with Gasteiger partial charge in [0.25, 0.3) is 0 Å². The maximum absolute atomic E-state index is 6.15. The number of hydrogen-bond donors (Lipinski definition) is 2. The first-order valence-corrected chi connectivity index (χ1v) is 21.9. The highest BCUT2D eigenvalue weighted by Gasteiger charge is 2.05. The van der Waals surface area contributed by atoms with Gasteiger partial charge in [-0.2, -0.15) is 0 Å². The maximum atomic E-state index is 6.15. The summed E-state index contributed by atoms with van der Waals surface area (Å²) in [5, 5.41) is 0. The molecule has 2 heteroatoms. The third-order valence-corrected chi connectivity index (χ3v) is 11.2. The first-order chi connectivity index (χ1) is 26.0. The fourth-order valence-electron chi connectivity index (χ4n) is 7.94. The number of hydrogen-bond acceptors (Lipinski definition) is 2. The van der Waals surface area contributed by atoms with Gasteiger partial charge in [0.15, 0.2) is 0 Å². The van der Waals surface area contributed by atoms with Gasteiger partial charge in [0.2, 0.25) is 0 Å². The number of aryl methyl sites for hydroxylation is 4. The van der Waals surface area contributed by atoms with Gasteiger partial charge in [-0.1, -0.05) is 196 Å². The lowest BCUT2D eigenvalue weighted by molar-refractivity contribution is 0.525. The summed E-state index contributed by atoms with van der Waals surface area (Å²) >= 11 is 0. The van der Waals surface area contributed by atoms with Crippen molar-refractivity contribution in [2.45, 2.75) is 174 Å². The normalized spacial score (nSPS) is 11.4. The molecule has 0 atom stereocenters. The van der Waals surface area contributed by atoms with E-state index >= 15 is 0 Å². The van der Waals surface area contributed by atoms with E-state index in [2.05, 4.69) is 98.8 Å². The van der Waals surface area contributed by atoms with Gasteiger partial charge in [-0.05, 0) is 108 Å². The first-order valence-electron chi connectivity index (χ1n) is 21.9. The molecule has 0 bridgehead atoms. The van der Waals surface area contributed by atoms with Gasteiger partial charge in [-0.15, -0.1) is 0 Å². The zero-order valence-electron chi connectivity index (χ0n) is 33.9. The van der Waals surface area contributed by atoms with Crippen molar-refractivity contribution in [3.63, 3.8) is 0 Å². The lowest BCUT2D eigenvalue weighted by atomic mass is 9.98. The third kappa shape index (κ3) is 17.0. The van der Waals surface area contributed by atoms with Crippen molar-refractivity contribution in [2.75, 3.05) is 11.5 Å². The van der Waals surface area contributed by atoms with Gasteiger partial charge in [0, 0.05) is 11.4 Å². The van der Waals surface area contributed by atoms with Crippen LogP contribution in [-0.4, -0.2) is 0 Å². The summed E-state index contributed by atoms with van der Waals surface area (Å²) in [6, 6.07) is 31.8. The topological polar surface area (TPSA) is 52.0 Å². The Balaban J connectivity index is 0.893. The van der Waals surface area contributed by atoms with Crippen molar-refractivity contribution >= 4 is 11.4 Å². The average molecular weight is 715 g/mol. The minimum atomic E-state index is 0.932. The van der Waals surface area contributed by atoms with Gasteiger partial charge in [-0.25, -0.2) is 0 Å². The smallest absolute Gasteiger partial charge is 0.0346 e. The van der Waals surface area contributed by atoms with E-state index < -0.39 is 0 Å². The summed E-state index contributed by atoms with van der Waals surface area (Å²) in [7, 11) is 0. The minimum Gasteiger partial charge on any atom is -0.399 e. The second-order valence-corrected chi connectivity index (χ2v) is 16.1. The number of nitrogens with two attached hydrogens (primary N) is 2. The SMILES string of the molecule is CCCc1cc(Cc2ccc(CCCCCCCCCCCCCCCCCCCc3ccc(Cc4ccc(N)c(CCC)c4)cc3)cc2)ccc1N. The second kappa shape index (κ2) is 25.5. The molecule has 0 unspecified atom stereocenters. The van der Waals surface area contributed by atoms with Crippen molar-refractivity contribution in [1.82, 2.24) is 0 Å². The van der Waals surface area contributed by atoms with Crippen molar-refractivity contribution < 1.29 is 0 Å². The van der Waals surface area contributed by atoms with Crippen molar-refractivity contribution in [2.24, 2.45) is 0 Å². The van der Waals surface area contributed by atoms with E-state index in [-0.39, 0.29) is 0 Å². The van der Waals surface area contributed by atoms with Crippen molar-refractivity contribution in [3.8, 4) is 0 Å². The molecule has 0 fully saturated rings. The van der Waals surface area contributed by atoms with Gasteiger partial charge in [0.1, 0.15) is 0 Å². The first kappa shape index (κ1) is 42.2. The molecule has 4 aromatic rings. The molecular weight excluding hydrogens is 641 g/mol. The van der Waals surface area contributed by atoms with Crippen molar-refractivity contribution in [1.29, 1.82) is 0 Å². The molecule has 2 nitrogen and oxygen atoms in total. The van der Waals surface area contributed by atoms with Crippen LogP contribution in [0.15, 0.2) is 84.9 Å². The number of anilines is 2. The van der Waals surface area contributed by atoms with Crippen LogP contribution in [-0.2, 0) is 38.5 Å². The Hall–Kier alpha value is -3.52. The molecule has 0 amide bonds. The Morgan fingerprint density at radius 3 is 0.868 bits per heavy atom. The zero-order valence-corrected chi connectivity index (χ0v) is 33.9. The van der Waals surface area contributed by atoms with E-state index in [1.165, 1.54) is 167 Å². The summed E-state index contributed by atoms with van der Waals surface area (Å²) in [6.45, 7) is 4.43. The molecule has 0 aromatic heterocycles. The molecule has 4 aromatic carbocycles. The summed E-state index contributed by atoms with van der Waals surface area (Å²) in [5.74, 6) is 0. The standard InChI is InChI=1S/C51H74N2/c1-3-22-48-40-46(34-36-50(48)52)38-44-30-26-42(27-31-44)24-20-18-16-14-12-10-8-6-5-7-9-11-13-15-17-19-21-25-43-28-32-45(33-29-43)39-47-35-37-51(53)49(41-47)23-4-2/h26-37,40-41H,3-25,38-39,52-53H2,1-2H3. The van der Waals surface area contributed by atoms with Crippen LogP contribution < -0.4 is 11.5 Å². The van der Waals surface area contributed by atoms with E-state index in [0.29, 0.717) is 0 Å². The summed E-state index contributed by atoms with van der Waals surface area (Å²) < 4.78 is 0. The summed E-state index contributed by atoms with van der Waals surface area (Å²) in [6.07, 6.45) is 32.7. The predicted octanol–water partition coefficient (Wildman–Crippen LogP) is 14.4. The third-order valence-electron chi connectivity index (χ3n) is 11.2.